The number of rotatable bonds is 4. The molecule has 0 amide bonds. The molecule has 4 nitrogen and oxygen atoms in total. The monoisotopic (exact) mass is 316 g/mol. The van der Waals surface area contributed by atoms with Crippen LogP contribution in [0, 0.1) is 0 Å². The highest BCUT2D eigenvalue weighted by molar-refractivity contribution is 5.80. The highest BCUT2D eigenvalue weighted by atomic mass is 19.3. The van der Waals surface area contributed by atoms with Crippen molar-refractivity contribution in [1.29, 1.82) is 0 Å². The molecule has 0 saturated carbocycles. The average Bonchev–Trinajstić information content (AvgIpc) is 2.91. The summed E-state index contributed by atoms with van der Waals surface area (Å²) in [7, 11) is 1.45. The molecule has 0 atom stereocenters. The molecule has 0 fully saturated rings. The van der Waals surface area contributed by atoms with Crippen LogP contribution in [0.15, 0.2) is 42.5 Å². The van der Waals surface area contributed by atoms with Crippen molar-refractivity contribution in [2.75, 3.05) is 7.11 Å². The third-order valence-electron chi connectivity index (χ3n) is 3.45. The van der Waals surface area contributed by atoms with Crippen LogP contribution in [-0.2, 0) is 0 Å². The SMILES string of the molecule is COc1ccc(/C=C/c2nc3ccccc3n2C(F)F)cc1O. The first-order valence-corrected chi connectivity index (χ1v) is 6.90. The van der Waals surface area contributed by atoms with Gasteiger partial charge in [0.25, 0.3) is 0 Å². The molecule has 0 bridgehead atoms. The fourth-order valence-electron chi connectivity index (χ4n) is 2.37. The fourth-order valence-corrected chi connectivity index (χ4v) is 2.37. The van der Waals surface area contributed by atoms with Gasteiger partial charge in [0.2, 0.25) is 0 Å². The maximum Gasteiger partial charge on any atom is 0.320 e. The Morgan fingerprint density at radius 3 is 2.65 bits per heavy atom. The van der Waals surface area contributed by atoms with Crippen LogP contribution >= 0.6 is 0 Å². The summed E-state index contributed by atoms with van der Waals surface area (Å²) in [6.07, 6.45) is 3.10. The lowest BCUT2D eigenvalue weighted by Crippen LogP contribution is -2.00. The van der Waals surface area contributed by atoms with E-state index in [0.29, 0.717) is 22.3 Å². The number of hydrogen-bond acceptors (Lipinski definition) is 3. The van der Waals surface area contributed by atoms with Crippen LogP contribution in [0.25, 0.3) is 23.2 Å². The molecule has 3 aromatic rings. The van der Waals surface area contributed by atoms with E-state index in [0.717, 1.165) is 4.57 Å². The number of phenols is 1. The molecule has 1 aromatic heterocycles. The summed E-state index contributed by atoms with van der Waals surface area (Å²) in [5.41, 5.74) is 1.53. The number of alkyl halides is 2. The molecule has 0 aliphatic heterocycles. The van der Waals surface area contributed by atoms with Gasteiger partial charge in [0.1, 0.15) is 5.82 Å². The number of phenolic OH excluding ortho intramolecular Hbond substituents is 1. The number of aromatic hydroxyl groups is 1. The summed E-state index contributed by atoms with van der Waals surface area (Å²) in [5, 5.41) is 9.75. The molecule has 0 radical (unpaired) electrons. The lowest BCUT2D eigenvalue weighted by molar-refractivity contribution is 0.0739. The number of halogens is 2. The molecule has 2 aromatic carbocycles. The Kier molecular flexibility index (Phi) is 3.97. The first-order chi connectivity index (χ1) is 11.1. The highest BCUT2D eigenvalue weighted by Crippen LogP contribution is 2.28. The van der Waals surface area contributed by atoms with Crippen LogP contribution in [0.4, 0.5) is 8.78 Å². The number of benzene rings is 2. The first-order valence-electron chi connectivity index (χ1n) is 6.90. The van der Waals surface area contributed by atoms with E-state index in [1.165, 1.54) is 19.3 Å². The average molecular weight is 316 g/mol. The normalized spacial score (nSPS) is 11.7. The molecule has 0 unspecified atom stereocenters. The standard InChI is InChI=1S/C17H14F2N2O2/c1-23-15-8-6-11(10-14(15)22)7-9-16-20-12-4-2-3-5-13(12)21(16)17(18)19/h2-10,17,22H,1H3/b9-7+. The number of nitrogens with zero attached hydrogens (tertiary/aromatic N) is 2. The fraction of sp³-hybridized carbons (Fsp3) is 0.118. The predicted octanol–water partition coefficient (Wildman–Crippen LogP) is 4.32. The lowest BCUT2D eigenvalue weighted by Gasteiger charge is -2.05. The van der Waals surface area contributed by atoms with Crippen molar-refractivity contribution in [2.45, 2.75) is 6.55 Å². The van der Waals surface area contributed by atoms with Gasteiger partial charge in [0.15, 0.2) is 11.5 Å². The first kappa shape index (κ1) is 15.0. The zero-order chi connectivity index (χ0) is 16.4. The maximum absolute atomic E-state index is 13.3. The largest absolute Gasteiger partial charge is 0.504 e. The zero-order valence-electron chi connectivity index (χ0n) is 12.3. The van der Waals surface area contributed by atoms with Gasteiger partial charge >= 0.3 is 6.55 Å². The molecule has 118 valence electrons. The van der Waals surface area contributed by atoms with E-state index in [1.54, 1.807) is 42.5 Å². The second-order valence-electron chi connectivity index (χ2n) is 4.87. The molecule has 0 aliphatic rings. The van der Waals surface area contributed by atoms with E-state index in [4.69, 9.17) is 4.74 Å². The Labute approximate surface area is 131 Å². The van der Waals surface area contributed by atoms with Gasteiger partial charge in [-0.25, -0.2) is 4.98 Å². The third kappa shape index (κ3) is 2.88. The van der Waals surface area contributed by atoms with Crippen LogP contribution in [0.3, 0.4) is 0 Å². The molecule has 0 aliphatic carbocycles. The summed E-state index contributed by atoms with van der Waals surface area (Å²) < 4.78 is 32.5. The van der Waals surface area contributed by atoms with Crippen LogP contribution in [-0.4, -0.2) is 21.8 Å². The van der Waals surface area contributed by atoms with E-state index in [-0.39, 0.29) is 11.6 Å². The van der Waals surface area contributed by atoms with Gasteiger partial charge in [-0.05, 0) is 35.9 Å². The van der Waals surface area contributed by atoms with Crippen LogP contribution in [0.5, 0.6) is 11.5 Å². The summed E-state index contributed by atoms with van der Waals surface area (Å²) in [4.78, 5) is 4.21. The third-order valence-corrected chi connectivity index (χ3v) is 3.45. The Bertz CT molecular complexity index is 872. The van der Waals surface area contributed by atoms with Crippen molar-refractivity contribution in [2.24, 2.45) is 0 Å². The van der Waals surface area contributed by atoms with Crippen LogP contribution in [0.2, 0.25) is 0 Å². The number of methoxy groups -OCH3 is 1. The van der Waals surface area contributed by atoms with Gasteiger partial charge in [-0.15, -0.1) is 0 Å². The van der Waals surface area contributed by atoms with Crippen molar-refractivity contribution in [3.8, 4) is 11.5 Å². The molecule has 1 N–H and O–H groups in total. The minimum atomic E-state index is -2.69. The van der Waals surface area contributed by atoms with E-state index in [1.807, 2.05) is 0 Å². The molecule has 23 heavy (non-hydrogen) atoms. The number of para-hydroxylation sites is 2. The molecule has 6 heteroatoms. The second-order valence-corrected chi connectivity index (χ2v) is 4.87. The Hall–Kier alpha value is -2.89. The summed E-state index contributed by atoms with van der Waals surface area (Å²) in [5.74, 6) is 0.482. The minimum Gasteiger partial charge on any atom is -0.504 e. The second kappa shape index (κ2) is 6.08. The number of aromatic nitrogens is 2. The number of ether oxygens (including phenoxy) is 1. The van der Waals surface area contributed by atoms with Gasteiger partial charge in [0.05, 0.1) is 18.1 Å². The van der Waals surface area contributed by atoms with E-state index < -0.39 is 6.55 Å². The van der Waals surface area contributed by atoms with Crippen LogP contribution in [0.1, 0.15) is 17.9 Å². The van der Waals surface area contributed by atoms with E-state index >= 15 is 0 Å². The molecule has 3 rings (SSSR count). The van der Waals surface area contributed by atoms with Crippen molar-refractivity contribution in [3.05, 3.63) is 53.9 Å². The highest BCUT2D eigenvalue weighted by Gasteiger charge is 2.15. The summed E-state index contributed by atoms with van der Waals surface area (Å²) in [6, 6.07) is 11.5. The molecular formula is C17H14F2N2O2. The zero-order valence-corrected chi connectivity index (χ0v) is 12.3. The lowest BCUT2D eigenvalue weighted by atomic mass is 10.2. The van der Waals surface area contributed by atoms with Gasteiger partial charge in [0, 0.05) is 0 Å². The molecule has 0 saturated heterocycles. The van der Waals surface area contributed by atoms with Gasteiger partial charge in [-0.2, -0.15) is 8.78 Å². The van der Waals surface area contributed by atoms with Crippen molar-refractivity contribution in [3.63, 3.8) is 0 Å². The minimum absolute atomic E-state index is 0.0167. The maximum atomic E-state index is 13.3. The van der Waals surface area contributed by atoms with Crippen molar-refractivity contribution < 1.29 is 18.6 Å². The molecule has 0 spiro atoms. The quantitative estimate of drug-likeness (QED) is 0.780. The summed E-state index contributed by atoms with van der Waals surface area (Å²) >= 11 is 0. The summed E-state index contributed by atoms with van der Waals surface area (Å²) in [6.45, 7) is -2.69. The Morgan fingerprint density at radius 1 is 1.17 bits per heavy atom. The smallest absolute Gasteiger partial charge is 0.320 e. The van der Waals surface area contributed by atoms with Gasteiger partial charge in [-0.1, -0.05) is 24.3 Å². The van der Waals surface area contributed by atoms with E-state index in [9.17, 15) is 13.9 Å². The molecule has 1 heterocycles. The number of imidazole rings is 1. The predicted molar refractivity (Wildman–Crippen MR) is 84.6 cm³/mol. The van der Waals surface area contributed by atoms with Crippen molar-refractivity contribution in [1.82, 2.24) is 9.55 Å². The Balaban J connectivity index is 2.00. The van der Waals surface area contributed by atoms with E-state index in [2.05, 4.69) is 4.98 Å². The topological polar surface area (TPSA) is 47.3 Å². The van der Waals surface area contributed by atoms with Crippen molar-refractivity contribution >= 4 is 23.2 Å². The number of fused-ring (bicyclic) bond motifs is 1. The van der Waals surface area contributed by atoms with Gasteiger partial charge < -0.3 is 9.84 Å². The van der Waals surface area contributed by atoms with Gasteiger partial charge in [-0.3, -0.25) is 4.57 Å². The molecular weight excluding hydrogens is 302 g/mol. The number of hydrogen-bond donors (Lipinski definition) is 1. The Morgan fingerprint density at radius 2 is 1.96 bits per heavy atom. The van der Waals surface area contributed by atoms with Crippen LogP contribution < -0.4 is 4.74 Å².